The Morgan fingerprint density at radius 2 is 1.28 bits per heavy atom. The summed E-state index contributed by atoms with van der Waals surface area (Å²) in [6.07, 6.45) is 1.03. The van der Waals surface area contributed by atoms with Crippen LogP contribution in [0.1, 0.15) is 55.0 Å². The fourth-order valence-electron chi connectivity index (χ4n) is 3.97. The number of benzene rings is 3. The Bertz CT molecular complexity index is 979. The van der Waals surface area contributed by atoms with Crippen molar-refractivity contribution in [3.05, 3.63) is 95.1 Å². The number of amides is 1. The van der Waals surface area contributed by atoms with Crippen LogP contribution < -0.4 is 14.8 Å². The third-order valence-electron chi connectivity index (χ3n) is 5.70. The van der Waals surface area contributed by atoms with E-state index in [0.29, 0.717) is 5.92 Å². The molecule has 0 spiro atoms. The first-order valence-corrected chi connectivity index (χ1v) is 11.1. The number of carbonyl (C=O) groups excluding carboxylic acids is 1. The van der Waals surface area contributed by atoms with Crippen molar-refractivity contribution in [1.29, 1.82) is 0 Å². The molecular formula is C28H33NO3. The Labute approximate surface area is 191 Å². The van der Waals surface area contributed by atoms with Gasteiger partial charge in [0, 0.05) is 11.1 Å². The average molecular weight is 432 g/mol. The van der Waals surface area contributed by atoms with Crippen molar-refractivity contribution in [2.75, 3.05) is 14.2 Å². The van der Waals surface area contributed by atoms with Crippen molar-refractivity contribution in [3.8, 4) is 11.5 Å². The Morgan fingerprint density at radius 1 is 0.781 bits per heavy atom. The van der Waals surface area contributed by atoms with Gasteiger partial charge in [-0.15, -0.1) is 0 Å². The zero-order chi connectivity index (χ0) is 23.1. The minimum absolute atomic E-state index is 0.0524. The van der Waals surface area contributed by atoms with Gasteiger partial charge in [-0.05, 0) is 42.5 Å². The number of carbonyl (C=O) groups is 1. The predicted molar refractivity (Wildman–Crippen MR) is 129 cm³/mol. The van der Waals surface area contributed by atoms with Crippen molar-refractivity contribution in [2.24, 2.45) is 5.92 Å². The molecule has 0 bridgehead atoms. The lowest BCUT2D eigenvalue weighted by Gasteiger charge is -2.25. The maximum atomic E-state index is 13.4. The van der Waals surface area contributed by atoms with Crippen LogP contribution in [-0.2, 0) is 11.2 Å². The molecule has 168 valence electrons. The van der Waals surface area contributed by atoms with Crippen LogP contribution in [0.3, 0.4) is 0 Å². The lowest BCUT2D eigenvalue weighted by Crippen LogP contribution is -2.33. The van der Waals surface area contributed by atoms with E-state index < -0.39 is 6.04 Å². The minimum atomic E-state index is -0.405. The molecule has 4 nitrogen and oxygen atoms in total. The van der Waals surface area contributed by atoms with Crippen LogP contribution in [0.5, 0.6) is 11.5 Å². The number of methoxy groups -OCH3 is 2. The van der Waals surface area contributed by atoms with E-state index in [1.165, 1.54) is 5.56 Å². The normalized spacial score (nSPS) is 12.0. The molecule has 0 fully saturated rings. The molecule has 0 radical (unpaired) electrons. The lowest BCUT2D eigenvalue weighted by atomic mass is 9.93. The molecule has 0 saturated carbocycles. The third kappa shape index (κ3) is 5.50. The summed E-state index contributed by atoms with van der Waals surface area (Å²) in [7, 11) is 3.28. The second kappa shape index (κ2) is 10.9. The number of hydrogen-bond donors (Lipinski definition) is 1. The highest BCUT2D eigenvalue weighted by Crippen LogP contribution is 2.35. The van der Waals surface area contributed by atoms with Crippen molar-refractivity contribution < 1.29 is 14.3 Å². The first-order chi connectivity index (χ1) is 15.4. The van der Waals surface area contributed by atoms with Gasteiger partial charge in [-0.2, -0.15) is 0 Å². The Balaban J connectivity index is 1.91. The topological polar surface area (TPSA) is 47.6 Å². The summed E-state index contributed by atoms with van der Waals surface area (Å²) < 4.78 is 11.2. The highest BCUT2D eigenvalue weighted by Gasteiger charge is 2.26. The molecule has 3 aromatic rings. The minimum Gasteiger partial charge on any atom is -0.496 e. The maximum absolute atomic E-state index is 13.4. The number of nitrogens with one attached hydrogen (secondary N) is 1. The Kier molecular flexibility index (Phi) is 7.93. The molecular weight excluding hydrogens is 398 g/mol. The highest BCUT2D eigenvalue weighted by molar-refractivity contribution is 5.84. The predicted octanol–water partition coefficient (Wildman–Crippen LogP) is 5.91. The van der Waals surface area contributed by atoms with Gasteiger partial charge in [0.1, 0.15) is 11.5 Å². The third-order valence-corrected chi connectivity index (χ3v) is 5.70. The largest absolute Gasteiger partial charge is 0.496 e. The van der Waals surface area contributed by atoms with Gasteiger partial charge in [0.25, 0.3) is 0 Å². The second-order valence-corrected chi connectivity index (χ2v) is 8.49. The van der Waals surface area contributed by atoms with Crippen LogP contribution in [0.15, 0.2) is 72.8 Å². The summed E-state index contributed by atoms with van der Waals surface area (Å²) >= 11 is 0. The van der Waals surface area contributed by atoms with Gasteiger partial charge in [0.05, 0.1) is 26.2 Å². The SMILES string of the molecule is COc1ccccc1C(NC(=O)C(C)c1ccc(CC(C)C)cc1)c1ccccc1OC. The lowest BCUT2D eigenvalue weighted by molar-refractivity contribution is -0.122. The fourth-order valence-corrected chi connectivity index (χ4v) is 3.97. The van der Waals surface area contributed by atoms with Crippen molar-refractivity contribution in [1.82, 2.24) is 5.32 Å². The summed E-state index contributed by atoms with van der Waals surface area (Å²) in [5, 5.41) is 3.25. The van der Waals surface area contributed by atoms with Crippen LogP contribution in [-0.4, -0.2) is 20.1 Å². The van der Waals surface area contributed by atoms with E-state index in [2.05, 4.69) is 43.4 Å². The molecule has 0 aliphatic carbocycles. The molecule has 0 aliphatic heterocycles. The van der Waals surface area contributed by atoms with Crippen LogP contribution >= 0.6 is 0 Å². The van der Waals surface area contributed by atoms with Gasteiger partial charge >= 0.3 is 0 Å². The van der Waals surface area contributed by atoms with Crippen LogP contribution in [0.4, 0.5) is 0 Å². The number of para-hydroxylation sites is 2. The molecule has 0 heterocycles. The second-order valence-electron chi connectivity index (χ2n) is 8.49. The van der Waals surface area contributed by atoms with Crippen molar-refractivity contribution >= 4 is 5.91 Å². The monoisotopic (exact) mass is 431 g/mol. The number of hydrogen-bond acceptors (Lipinski definition) is 3. The van der Waals surface area contributed by atoms with Gasteiger partial charge in [0.15, 0.2) is 0 Å². The molecule has 0 saturated heterocycles. The summed E-state index contributed by atoms with van der Waals surface area (Å²) in [5.41, 5.74) is 4.05. The van der Waals surface area contributed by atoms with E-state index in [9.17, 15) is 4.79 Å². The van der Waals surface area contributed by atoms with Crippen LogP contribution in [0, 0.1) is 5.92 Å². The molecule has 32 heavy (non-hydrogen) atoms. The first kappa shape index (κ1) is 23.4. The average Bonchev–Trinajstić information content (AvgIpc) is 2.82. The smallest absolute Gasteiger partial charge is 0.228 e. The van der Waals surface area contributed by atoms with Crippen LogP contribution in [0.2, 0.25) is 0 Å². The van der Waals surface area contributed by atoms with Gasteiger partial charge in [-0.3, -0.25) is 4.79 Å². The molecule has 4 heteroatoms. The van der Waals surface area contributed by atoms with Gasteiger partial charge in [-0.1, -0.05) is 74.5 Å². The Hall–Kier alpha value is -3.27. The summed E-state index contributed by atoms with van der Waals surface area (Å²) in [5.74, 6) is 1.69. The van der Waals surface area contributed by atoms with Crippen LogP contribution in [0.25, 0.3) is 0 Å². The summed E-state index contributed by atoms with van der Waals surface area (Å²) in [6.45, 7) is 6.36. The quantitative estimate of drug-likeness (QED) is 0.458. The molecule has 1 N–H and O–H groups in total. The molecule has 3 rings (SSSR count). The van der Waals surface area contributed by atoms with E-state index in [4.69, 9.17) is 9.47 Å². The highest BCUT2D eigenvalue weighted by atomic mass is 16.5. The molecule has 0 aliphatic rings. The zero-order valence-corrected chi connectivity index (χ0v) is 19.6. The molecule has 1 amide bonds. The number of ether oxygens (including phenoxy) is 2. The first-order valence-electron chi connectivity index (χ1n) is 11.1. The Morgan fingerprint density at radius 3 is 1.75 bits per heavy atom. The molecule has 0 aromatic heterocycles. The summed E-state index contributed by atoms with van der Waals surface area (Å²) in [4.78, 5) is 13.4. The van der Waals surface area contributed by atoms with E-state index in [0.717, 1.165) is 34.6 Å². The molecule has 3 aromatic carbocycles. The van der Waals surface area contributed by atoms with E-state index in [1.807, 2.05) is 55.5 Å². The van der Waals surface area contributed by atoms with Crippen molar-refractivity contribution in [3.63, 3.8) is 0 Å². The van der Waals surface area contributed by atoms with Crippen molar-refractivity contribution in [2.45, 2.75) is 39.2 Å². The summed E-state index contributed by atoms with van der Waals surface area (Å²) in [6, 6.07) is 23.4. The van der Waals surface area contributed by atoms with Gasteiger partial charge < -0.3 is 14.8 Å². The molecule has 1 unspecified atom stereocenters. The van der Waals surface area contributed by atoms with E-state index >= 15 is 0 Å². The van der Waals surface area contributed by atoms with E-state index in [1.54, 1.807) is 14.2 Å². The molecule has 1 atom stereocenters. The van der Waals surface area contributed by atoms with Gasteiger partial charge in [0.2, 0.25) is 5.91 Å². The zero-order valence-electron chi connectivity index (χ0n) is 19.6. The van der Waals surface area contributed by atoms with Gasteiger partial charge in [-0.25, -0.2) is 0 Å². The maximum Gasteiger partial charge on any atom is 0.228 e. The number of rotatable bonds is 9. The fraction of sp³-hybridized carbons (Fsp3) is 0.321. The van der Waals surface area contributed by atoms with E-state index in [-0.39, 0.29) is 11.8 Å². The standard InChI is InChI=1S/C28H33NO3/c1-19(2)18-21-14-16-22(17-15-21)20(3)28(30)29-27(23-10-6-8-12-25(23)31-4)24-11-7-9-13-26(24)32-5/h6-17,19-20,27H,18H2,1-5H3,(H,29,30).